The van der Waals surface area contributed by atoms with Gasteiger partial charge in [0.15, 0.2) is 0 Å². The van der Waals surface area contributed by atoms with Gasteiger partial charge in [0.2, 0.25) is 0 Å². The predicted molar refractivity (Wildman–Crippen MR) is 81.1 cm³/mol. The molecular formula is C17H26O3. The summed E-state index contributed by atoms with van der Waals surface area (Å²) >= 11 is 0. The number of carbonyl (C=O) groups is 1. The topological polar surface area (TPSA) is 46.5 Å². The summed E-state index contributed by atoms with van der Waals surface area (Å²) < 4.78 is 5.59. The highest BCUT2D eigenvalue weighted by molar-refractivity contribution is 5.69. The Morgan fingerprint density at radius 1 is 1.15 bits per heavy atom. The Morgan fingerprint density at radius 3 is 2.20 bits per heavy atom. The Hall–Kier alpha value is -1.51. The molecule has 0 unspecified atom stereocenters. The van der Waals surface area contributed by atoms with Crippen LogP contribution in [0, 0.1) is 11.8 Å². The first-order chi connectivity index (χ1) is 9.38. The van der Waals surface area contributed by atoms with Gasteiger partial charge in [-0.3, -0.25) is 4.79 Å². The first-order valence-corrected chi connectivity index (χ1v) is 7.37. The van der Waals surface area contributed by atoms with Crippen LogP contribution in [0.15, 0.2) is 24.3 Å². The van der Waals surface area contributed by atoms with Crippen LogP contribution < -0.4 is 4.74 Å². The molecule has 0 aliphatic heterocycles. The predicted octanol–water partition coefficient (Wildman–Crippen LogP) is 4.15. The van der Waals surface area contributed by atoms with E-state index >= 15 is 0 Å². The lowest BCUT2D eigenvalue weighted by Crippen LogP contribution is -2.16. The van der Waals surface area contributed by atoms with Crippen molar-refractivity contribution in [2.45, 2.75) is 53.1 Å². The standard InChI is InChI=1S/C17H26O3/c1-12(2)11-15(17(18)19)8-5-14-6-9-16(10-7-14)20-13(3)4/h6-7,9-10,12-13,15H,5,8,11H2,1-4H3,(H,18,19)/t15-/m0/s1. The number of carboxylic acid groups (broad SMARTS) is 1. The highest BCUT2D eigenvalue weighted by atomic mass is 16.5. The Morgan fingerprint density at radius 2 is 1.75 bits per heavy atom. The molecule has 0 amide bonds. The molecule has 0 aliphatic rings. The van der Waals surface area contributed by atoms with Crippen molar-refractivity contribution in [2.75, 3.05) is 0 Å². The van der Waals surface area contributed by atoms with Gasteiger partial charge in [0.05, 0.1) is 12.0 Å². The lowest BCUT2D eigenvalue weighted by atomic mass is 9.91. The quantitative estimate of drug-likeness (QED) is 0.777. The molecular weight excluding hydrogens is 252 g/mol. The second kappa shape index (κ2) is 7.93. The van der Waals surface area contributed by atoms with Crippen molar-refractivity contribution in [3.8, 4) is 5.75 Å². The van der Waals surface area contributed by atoms with Gasteiger partial charge >= 0.3 is 5.97 Å². The van der Waals surface area contributed by atoms with E-state index in [1.54, 1.807) is 0 Å². The van der Waals surface area contributed by atoms with Gasteiger partial charge in [-0.2, -0.15) is 0 Å². The van der Waals surface area contributed by atoms with Crippen molar-refractivity contribution < 1.29 is 14.6 Å². The number of ether oxygens (including phenoxy) is 1. The van der Waals surface area contributed by atoms with Crippen molar-refractivity contribution in [3.63, 3.8) is 0 Å². The second-order valence-electron chi connectivity index (χ2n) is 6.01. The average molecular weight is 278 g/mol. The van der Waals surface area contributed by atoms with Gasteiger partial charge < -0.3 is 9.84 Å². The van der Waals surface area contributed by atoms with Crippen LogP contribution in [0.25, 0.3) is 0 Å². The Labute approximate surface area is 122 Å². The zero-order valence-electron chi connectivity index (χ0n) is 12.9. The minimum Gasteiger partial charge on any atom is -0.491 e. The van der Waals surface area contributed by atoms with Crippen LogP contribution in [0.4, 0.5) is 0 Å². The molecule has 1 rings (SSSR count). The van der Waals surface area contributed by atoms with E-state index in [1.807, 2.05) is 38.1 Å². The van der Waals surface area contributed by atoms with Crippen molar-refractivity contribution >= 4 is 5.97 Å². The van der Waals surface area contributed by atoms with Gasteiger partial charge in [0.25, 0.3) is 0 Å². The SMILES string of the molecule is CC(C)C[C@H](CCc1ccc(OC(C)C)cc1)C(=O)O. The molecule has 112 valence electrons. The first kappa shape index (κ1) is 16.5. The fourth-order valence-corrected chi connectivity index (χ4v) is 2.26. The molecule has 0 spiro atoms. The minimum atomic E-state index is -0.682. The molecule has 3 nitrogen and oxygen atoms in total. The normalized spacial score (nSPS) is 12.7. The molecule has 0 bridgehead atoms. The van der Waals surface area contributed by atoms with Crippen LogP contribution in [-0.2, 0) is 11.2 Å². The number of hydrogen-bond acceptors (Lipinski definition) is 2. The molecule has 0 fully saturated rings. The summed E-state index contributed by atoms with van der Waals surface area (Å²) in [6.07, 6.45) is 2.40. The fraction of sp³-hybridized carbons (Fsp3) is 0.588. The largest absolute Gasteiger partial charge is 0.491 e. The second-order valence-corrected chi connectivity index (χ2v) is 6.01. The monoisotopic (exact) mass is 278 g/mol. The number of carboxylic acids is 1. The Kier molecular flexibility index (Phi) is 6.56. The highest BCUT2D eigenvalue weighted by Crippen LogP contribution is 2.20. The molecule has 0 radical (unpaired) electrons. The Balaban J connectivity index is 2.53. The minimum absolute atomic E-state index is 0.170. The number of rotatable bonds is 8. The molecule has 1 aromatic rings. The lowest BCUT2D eigenvalue weighted by molar-refractivity contribution is -0.142. The van der Waals surface area contributed by atoms with E-state index in [0.717, 1.165) is 24.2 Å². The third-order valence-corrected chi connectivity index (χ3v) is 3.18. The molecule has 0 aliphatic carbocycles. The van der Waals surface area contributed by atoms with Crippen molar-refractivity contribution in [1.82, 2.24) is 0 Å². The molecule has 1 aromatic carbocycles. The number of aryl methyl sites for hydroxylation is 1. The van der Waals surface area contributed by atoms with Crippen LogP contribution in [0.5, 0.6) is 5.75 Å². The van der Waals surface area contributed by atoms with Crippen LogP contribution in [0.3, 0.4) is 0 Å². The maximum Gasteiger partial charge on any atom is 0.306 e. The summed E-state index contributed by atoms with van der Waals surface area (Å²) in [4.78, 5) is 11.2. The fourth-order valence-electron chi connectivity index (χ4n) is 2.26. The molecule has 0 heterocycles. The van der Waals surface area contributed by atoms with Crippen molar-refractivity contribution in [3.05, 3.63) is 29.8 Å². The molecule has 0 saturated carbocycles. The summed E-state index contributed by atoms with van der Waals surface area (Å²) in [5.74, 6) is 0.346. The number of hydrogen-bond donors (Lipinski definition) is 1. The molecule has 1 atom stereocenters. The summed E-state index contributed by atoms with van der Waals surface area (Å²) in [7, 11) is 0. The third kappa shape index (κ3) is 6.09. The van der Waals surface area contributed by atoms with Gasteiger partial charge in [0.1, 0.15) is 5.75 Å². The number of aliphatic carboxylic acids is 1. The van der Waals surface area contributed by atoms with Crippen molar-refractivity contribution in [1.29, 1.82) is 0 Å². The summed E-state index contributed by atoms with van der Waals surface area (Å²) in [6, 6.07) is 7.94. The van der Waals surface area contributed by atoms with E-state index < -0.39 is 5.97 Å². The molecule has 0 saturated heterocycles. The van der Waals surface area contributed by atoms with Gasteiger partial charge in [-0.25, -0.2) is 0 Å². The smallest absolute Gasteiger partial charge is 0.306 e. The van der Waals surface area contributed by atoms with Gasteiger partial charge in [-0.15, -0.1) is 0 Å². The van der Waals surface area contributed by atoms with E-state index in [9.17, 15) is 9.90 Å². The molecule has 3 heteroatoms. The third-order valence-electron chi connectivity index (χ3n) is 3.18. The maximum atomic E-state index is 11.2. The van der Waals surface area contributed by atoms with Crippen molar-refractivity contribution in [2.24, 2.45) is 11.8 Å². The van der Waals surface area contributed by atoms with E-state index in [0.29, 0.717) is 12.3 Å². The first-order valence-electron chi connectivity index (χ1n) is 7.37. The highest BCUT2D eigenvalue weighted by Gasteiger charge is 2.18. The lowest BCUT2D eigenvalue weighted by Gasteiger charge is -2.15. The zero-order chi connectivity index (χ0) is 15.1. The molecule has 20 heavy (non-hydrogen) atoms. The molecule has 1 N–H and O–H groups in total. The summed E-state index contributed by atoms with van der Waals surface area (Å²) in [5.41, 5.74) is 1.16. The maximum absolute atomic E-state index is 11.2. The van der Waals surface area contributed by atoms with E-state index in [-0.39, 0.29) is 12.0 Å². The van der Waals surface area contributed by atoms with Crippen LogP contribution in [0.1, 0.15) is 46.1 Å². The van der Waals surface area contributed by atoms with Crippen LogP contribution in [-0.4, -0.2) is 17.2 Å². The zero-order valence-corrected chi connectivity index (χ0v) is 12.9. The number of benzene rings is 1. The van der Waals surface area contributed by atoms with Gasteiger partial charge in [-0.05, 0) is 56.7 Å². The van der Waals surface area contributed by atoms with E-state index in [2.05, 4.69) is 13.8 Å². The summed E-state index contributed by atoms with van der Waals surface area (Å²) in [5, 5.41) is 9.22. The van der Waals surface area contributed by atoms with E-state index in [1.165, 1.54) is 0 Å². The van der Waals surface area contributed by atoms with Gasteiger partial charge in [0, 0.05) is 0 Å². The Bertz CT molecular complexity index is 407. The van der Waals surface area contributed by atoms with Crippen LogP contribution >= 0.6 is 0 Å². The van der Waals surface area contributed by atoms with E-state index in [4.69, 9.17) is 4.74 Å². The van der Waals surface area contributed by atoms with Gasteiger partial charge in [-0.1, -0.05) is 26.0 Å². The molecule has 0 aromatic heterocycles. The average Bonchev–Trinajstić information content (AvgIpc) is 2.34. The van der Waals surface area contributed by atoms with Crippen LogP contribution in [0.2, 0.25) is 0 Å². The summed E-state index contributed by atoms with van der Waals surface area (Å²) in [6.45, 7) is 8.12.